The molecule has 1 aromatic heterocycles. The van der Waals surface area contributed by atoms with Crippen LogP contribution in [0.1, 0.15) is 12.8 Å². The second kappa shape index (κ2) is 7.54. The van der Waals surface area contributed by atoms with Crippen LogP contribution >= 0.6 is 0 Å². The summed E-state index contributed by atoms with van der Waals surface area (Å²) in [5.74, 6) is 0.410. The van der Waals surface area contributed by atoms with E-state index in [4.69, 9.17) is 9.15 Å². The monoisotopic (exact) mass is 384 g/mol. The molecule has 0 saturated carbocycles. The predicted molar refractivity (Wildman–Crippen MR) is 101 cm³/mol. The van der Waals surface area contributed by atoms with Gasteiger partial charge in [0, 0.05) is 18.7 Å². The highest BCUT2D eigenvalue weighted by atomic mass is 32.2. The highest BCUT2D eigenvalue weighted by Gasteiger charge is 2.29. The fourth-order valence-corrected chi connectivity index (χ4v) is 4.33. The van der Waals surface area contributed by atoms with Crippen LogP contribution in [0.25, 0.3) is 11.5 Å². The third kappa shape index (κ3) is 3.74. The Bertz CT molecular complexity index is 995. The van der Waals surface area contributed by atoms with Gasteiger partial charge in [0.15, 0.2) is 0 Å². The van der Waals surface area contributed by atoms with Gasteiger partial charge in [-0.25, -0.2) is 8.42 Å². The molecule has 7 heteroatoms. The van der Waals surface area contributed by atoms with Crippen LogP contribution in [-0.2, 0) is 14.6 Å². The number of ether oxygens (including phenoxy) is 1. The van der Waals surface area contributed by atoms with Crippen molar-refractivity contribution in [1.29, 1.82) is 0 Å². The molecule has 1 N–H and O–H groups in total. The molecular weight excluding hydrogens is 364 g/mol. The first-order valence-electron chi connectivity index (χ1n) is 8.86. The van der Waals surface area contributed by atoms with E-state index in [9.17, 15) is 8.42 Å². The van der Waals surface area contributed by atoms with Crippen molar-refractivity contribution in [1.82, 2.24) is 4.98 Å². The molecule has 1 fully saturated rings. The standard InChI is InChI=1S/C20H20N2O4S/c23-27(24,17-11-5-2-6-12-17)20-19(21-14-16-10-7-13-25-16)26-18(22-20)15-8-3-1-4-9-15/h1-6,8-9,11-12,16,21H,7,10,13-14H2/t16-/m0/s1. The summed E-state index contributed by atoms with van der Waals surface area (Å²) in [4.78, 5) is 4.49. The summed E-state index contributed by atoms with van der Waals surface area (Å²) in [5.41, 5.74) is 0.715. The van der Waals surface area contributed by atoms with Crippen LogP contribution < -0.4 is 5.32 Å². The van der Waals surface area contributed by atoms with Gasteiger partial charge in [-0.2, -0.15) is 4.98 Å². The molecule has 0 radical (unpaired) electrons. The Kier molecular flexibility index (Phi) is 4.96. The maximum atomic E-state index is 13.1. The number of sulfone groups is 1. The fourth-order valence-electron chi connectivity index (χ4n) is 3.03. The molecule has 27 heavy (non-hydrogen) atoms. The smallest absolute Gasteiger partial charge is 0.233 e. The van der Waals surface area contributed by atoms with Gasteiger partial charge in [-0.1, -0.05) is 36.4 Å². The summed E-state index contributed by atoms with van der Waals surface area (Å²) in [5, 5.41) is 2.98. The Morgan fingerprint density at radius 2 is 1.74 bits per heavy atom. The highest BCUT2D eigenvalue weighted by molar-refractivity contribution is 7.91. The zero-order valence-electron chi connectivity index (χ0n) is 14.7. The summed E-state index contributed by atoms with van der Waals surface area (Å²) < 4.78 is 37.6. The van der Waals surface area contributed by atoms with E-state index >= 15 is 0 Å². The van der Waals surface area contributed by atoms with Gasteiger partial charge >= 0.3 is 0 Å². The number of hydrogen-bond acceptors (Lipinski definition) is 6. The molecule has 3 aromatic rings. The number of benzene rings is 2. The van der Waals surface area contributed by atoms with E-state index in [-0.39, 0.29) is 27.8 Å². The zero-order chi connectivity index (χ0) is 18.7. The van der Waals surface area contributed by atoms with Crippen molar-refractivity contribution < 1.29 is 17.6 Å². The Morgan fingerprint density at radius 3 is 2.41 bits per heavy atom. The second-order valence-corrected chi connectivity index (χ2v) is 8.22. The number of rotatable bonds is 6. The Hall–Kier alpha value is -2.64. The topological polar surface area (TPSA) is 81.4 Å². The summed E-state index contributed by atoms with van der Waals surface area (Å²) >= 11 is 0. The van der Waals surface area contributed by atoms with E-state index < -0.39 is 9.84 Å². The molecule has 2 heterocycles. The minimum atomic E-state index is -3.81. The third-order valence-electron chi connectivity index (χ3n) is 4.44. The molecule has 1 aliphatic heterocycles. The Balaban J connectivity index is 1.72. The van der Waals surface area contributed by atoms with Crippen LogP contribution in [0.3, 0.4) is 0 Å². The van der Waals surface area contributed by atoms with Crippen molar-refractivity contribution in [2.45, 2.75) is 28.9 Å². The van der Waals surface area contributed by atoms with Crippen LogP contribution in [0.2, 0.25) is 0 Å². The lowest BCUT2D eigenvalue weighted by molar-refractivity contribution is 0.120. The summed E-state index contributed by atoms with van der Waals surface area (Å²) in [6.45, 7) is 1.20. The maximum Gasteiger partial charge on any atom is 0.233 e. The van der Waals surface area contributed by atoms with Crippen molar-refractivity contribution >= 4 is 15.7 Å². The molecule has 0 spiro atoms. The average molecular weight is 384 g/mol. The quantitative estimate of drug-likeness (QED) is 0.697. The van der Waals surface area contributed by atoms with E-state index in [1.165, 1.54) is 0 Å². The lowest BCUT2D eigenvalue weighted by atomic mass is 10.2. The molecular formula is C20H20N2O4S. The van der Waals surface area contributed by atoms with E-state index in [0.29, 0.717) is 12.1 Å². The molecule has 0 amide bonds. The lowest BCUT2D eigenvalue weighted by Gasteiger charge is -2.10. The van der Waals surface area contributed by atoms with Gasteiger partial charge in [-0.3, -0.25) is 0 Å². The Labute approximate surface area is 158 Å². The van der Waals surface area contributed by atoms with Crippen LogP contribution in [0.5, 0.6) is 0 Å². The molecule has 0 bridgehead atoms. The molecule has 6 nitrogen and oxygen atoms in total. The molecule has 140 valence electrons. The second-order valence-electron chi connectivity index (χ2n) is 6.35. The van der Waals surface area contributed by atoms with Gasteiger partial charge in [-0.05, 0) is 37.1 Å². The molecule has 2 aromatic carbocycles. The van der Waals surface area contributed by atoms with Crippen LogP contribution in [-0.4, -0.2) is 32.7 Å². The number of hydrogen-bond donors (Lipinski definition) is 1. The molecule has 4 rings (SSSR count). The maximum absolute atomic E-state index is 13.1. The minimum absolute atomic E-state index is 0.0440. The largest absolute Gasteiger partial charge is 0.419 e. The van der Waals surface area contributed by atoms with Gasteiger partial charge in [0.05, 0.1) is 11.0 Å². The molecule has 0 aliphatic carbocycles. The Morgan fingerprint density at radius 1 is 1.04 bits per heavy atom. The number of anilines is 1. The first kappa shape index (κ1) is 17.8. The van der Waals surface area contributed by atoms with Gasteiger partial charge in [0.25, 0.3) is 0 Å². The van der Waals surface area contributed by atoms with Gasteiger partial charge in [-0.15, -0.1) is 0 Å². The number of nitrogens with zero attached hydrogens (tertiary/aromatic N) is 1. The predicted octanol–water partition coefficient (Wildman–Crippen LogP) is 3.77. The number of aromatic nitrogens is 1. The van der Waals surface area contributed by atoms with Crippen molar-refractivity contribution in [3.63, 3.8) is 0 Å². The highest BCUT2D eigenvalue weighted by Crippen LogP contribution is 2.32. The first-order chi connectivity index (χ1) is 13.1. The normalized spacial score (nSPS) is 17.1. The van der Waals surface area contributed by atoms with Gasteiger partial charge in [0.1, 0.15) is 0 Å². The van der Waals surface area contributed by atoms with Crippen molar-refractivity contribution in [3.8, 4) is 11.5 Å². The molecule has 0 unspecified atom stereocenters. The summed E-state index contributed by atoms with van der Waals surface area (Å²) in [7, 11) is -3.81. The third-order valence-corrected chi connectivity index (χ3v) is 6.12. The van der Waals surface area contributed by atoms with Gasteiger partial charge in [0.2, 0.25) is 26.6 Å². The number of oxazole rings is 1. The molecule has 1 atom stereocenters. The van der Waals surface area contributed by atoms with Gasteiger partial charge < -0.3 is 14.5 Å². The average Bonchev–Trinajstić information content (AvgIpc) is 3.38. The van der Waals surface area contributed by atoms with Crippen molar-refractivity contribution in [3.05, 3.63) is 60.7 Å². The summed E-state index contributed by atoms with van der Waals surface area (Å²) in [6.07, 6.45) is 1.99. The van der Waals surface area contributed by atoms with Crippen LogP contribution in [0, 0.1) is 0 Å². The van der Waals surface area contributed by atoms with Crippen molar-refractivity contribution in [2.24, 2.45) is 0 Å². The summed E-state index contributed by atoms with van der Waals surface area (Å²) in [6, 6.07) is 17.5. The zero-order valence-corrected chi connectivity index (χ0v) is 15.5. The first-order valence-corrected chi connectivity index (χ1v) is 10.3. The minimum Gasteiger partial charge on any atom is -0.419 e. The van der Waals surface area contributed by atoms with E-state index in [1.54, 1.807) is 30.3 Å². The lowest BCUT2D eigenvalue weighted by Crippen LogP contribution is -2.19. The van der Waals surface area contributed by atoms with E-state index in [2.05, 4.69) is 10.3 Å². The molecule has 1 saturated heterocycles. The van der Waals surface area contributed by atoms with E-state index in [1.807, 2.05) is 30.3 Å². The SMILES string of the molecule is O=S(=O)(c1ccccc1)c1nc(-c2ccccc2)oc1NC[C@@H]1CCCO1. The van der Waals surface area contributed by atoms with Crippen LogP contribution in [0.15, 0.2) is 75.0 Å². The van der Waals surface area contributed by atoms with Crippen molar-refractivity contribution in [2.75, 3.05) is 18.5 Å². The molecule has 1 aliphatic rings. The van der Waals surface area contributed by atoms with Crippen LogP contribution in [0.4, 0.5) is 5.88 Å². The fraction of sp³-hybridized carbons (Fsp3) is 0.250. The number of nitrogens with one attached hydrogen (secondary N) is 1. The van der Waals surface area contributed by atoms with E-state index in [0.717, 1.165) is 19.4 Å².